The standard InChI is InChI=1S/C28H29ClN4O3/c1-27(2,3)36-23(34)10-7-13-32-16-18(15-30-32)17-11-12-21-19(14-17)28(4,5)26-31-25(35)24-20(29)8-6-9-22(24)33(21)26/h6,8-9,11-12,14-16H,7,10,13H2,1-5H3. The number of nitrogens with zero attached hydrogens (tertiary/aromatic N) is 4. The normalized spacial score (nSPS) is 14.1. The molecule has 186 valence electrons. The van der Waals surface area contributed by atoms with Crippen LogP contribution in [0.3, 0.4) is 0 Å². The van der Waals surface area contributed by atoms with Crippen LogP contribution in [0.25, 0.3) is 27.7 Å². The average molecular weight is 505 g/mol. The molecule has 0 unspecified atom stereocenters. The van der Waals surface area contributed by atoms with Crippen LogP contribution < -0.4 is 5.56 Å². The molecule has 7 nitrogen and oxygen atoms in total. The topological polar surface area (TPSA) is 79.0 Å². The molecule has 2 aromatic carbocycles. The minimum absolute atomic E-state index is 0.198. The van der Waals surface area contributed by atoms with Crippen LogP contribution in [0.5, 0.6) is 0 Å². The van der Waals surface area contributed by atoms with Gasteiger partial charge in [-0.1, -0.05) is 23.7 Å². The number of ether oxygens (including phenoxy) is 1. The Hall–Kier alpha value is -3.45. The molecule has 0 spiro atoms. The van der Waals surface area contributed by atoms with Crippen LogP contribution in [0.15, 0.2) is 53.6 Å². The Morgan fingerprint density at radius 1 is 1.14 bits per heavy atom. The Labute approximate surface area is 214 Å². The quantitative estimate of drug-likeness (QED) is 0.327. The van der Waals surface area contributed by atoms with Crippen molar-refractivity contribution < 1.29 is 9.53 Å². The molecule has 0 radical (unpaired) electrons. The number of fused-ring (bicyclic) bond motifs is 5. The molecule has 4 aromatic rings. The SMILES string of the molecule is CC(C)(C)OC(=O)CCCn1cc(-c2ccc3c(c2)C(C)(C)c2nc(=O)c4c(Cl)cccc4n2-3)cn1. The molecule has 0 fully saturated rings. The number of hydrogen-bond donors (Lipinski definition) is 0. The zero-order valence-corrected chi connectivity index (χ0v) is 21.9. The summed E-state index contributed by atoms with van der Waals surface area (Å²) < 4.78 is 9.27. The van der Waals surface area contributed by atoms with Crippen molar-refractivity contribution in [1.82, 2.24) is 19.3 Å². The maximum Gasteiger partial charge on any atom is 0.306 e. The molecule has 0 N–H and O–H groups in total. The van der Waals surface area contributed by atoms with Crippen LogP contribution in [0.2, 0.25) is 5.02 Å². The number of halogens is 1. The van der Waals surface area contributed by atoms with E-state index in [1.807, 2.05) is 54.5 Å². The van der Waals surface area contributed by atoms with Gasteiger partial charge in [-0.05, 0) is 76.4 Å². The van der Waals surface area contributed by atoms with Gasteiger partial charge in [-0.2, -0.15) is 10.1 Å². The van der Waals surface area contributed by atoms with Gasteiger partial charge in [0.25, 0.3) is 5.56 Å². The first-order valence-electron chi connectivity index (χ1n) is 12.1. The first-order chi connectivity index (χ1) is 17.0. The van der Waals surface area contributed by atoms with E-state index in [0.29, 0.717) is 35.6 Å². The number of benzene rings is 2. The molecule has 0 amide bonds. The van der Waals surface area contributed by atoms with Crippen molar-refractivity contribution in [2.45, 2.75) is 65.0 Å². The molecule has 0 saturated heterocycles. The van der Waals surface area contributed by atoms with Crippen molar-refractivity contribution in [3.8, 4) is 16.8 Å². The van der Waals surface area contributed by atoms with Crippen molar-refractivity contribution in [2.24, 2.45) is 0 Å². The summed E-state index contributed by atoms with van der Waals surface area (Å²) in [4.78, 5) is 29.3. The highest BCUT2D eigenvalue weighted by molar-refractivity contribution is 6.35. The van der Waals surface area contributed by atoms with Crippen LogP contribution in [-0.2, 0) is 21.5 Å². The lowest BCUT2D eigenvalue weighted by molar-refractivity contribution is -0.154. The van der Waals surface area contributed by atoms with E-state index in [-0.39, 0.29) is 11.5 Å². The number of carbonyl (C=O) groups is 1. The van der Waals surface area contributed by atoms with Crippen LogP contribution in [-0.4, -0.2) is 30.9 Å². The Kier molecular flexibility index (Phi) is 5.79. The fourth-order valence-corrected chi connectivity index (χ4v) is 5.09. The van der Waals surface area contributed by atoms with Crippen molar-refractivity contribution in [1.29, 1.82) is 0 Å². The van der Waals surface area contributed by atoms with Crippen molar-refractivity contribution >= 4 is 28.5 Å². The van der Waals surface area contributed by atoms with E-state index in [1.54, 1.807) is 6.07 Å². The zero-order valence-electron chi connectivity index (χ0n) is 21.1. The Balaban J connectivity index is 1.43. The van der Waals surface area contributed by atoms with Gasteiger partial charge < -0.3 is 4.74 Å². The molecule has 1 aliphatic heterocycles. The molecule has 5 rings (SSSR count). The van der Waals surface area contributed by atoms with Gasteiger partial charge >= 0.3 is 5.97 Å². The molecule has 0 bridgehead atoms. The summed E-state index contributed by atoms with van der Waals surface area (Å²) in [6, 6.07) is 11.8. The highest BCUT2D eigenvalue weighted by Gasteiger charge is 2.38. The van der Waals surface area contributed by atoms with Gasteiger partial charge in [-0.15, -0.1) is 0 Å². The van der Waals surface area contributed by atoms with E-state index in [4.69, 9.17) is 16.3 Å². The Morgan fingerprint density at radius 2 is 1.92 bits per heavy atom. The number of carbonyl (C=O) groups excluding carboxylic acids is 1. The van der Waals surface area contributed by atoms with Gasteiger partial charge in [0.1, 0.15) is 11.4 Å². The second-order valence-electron chi connectivity index (χ2n) is 10.7. The van der Waals surface area contributed by atoms with Crippen LogP contribution >= 0.6 is 11.6 Å². The maximum atomic E-state index is 12.8. The highest BCUT2D eigenvalue weighted by atomic mass is 35.5. The Morgan fingerprint density at radius 3 is 2.67 bits per heavy atom. The summed E-state index contributed by atoms with van der Waals surface area (Å²) in [7, 11) is 0. The molecule has 36 heavy (non-hydrogen) atoms. The summed E-state index contributed by atoms with van der Waals surface area (Å²) in [5.41, 5.74) is 3.59. The Bertz CT molecular complexity index is 1560. The van der Waals surface area contributed by atoms with Crippen LogP contribution in [0.1, 0.15) is 58.8 Å². The minimum atomic E-state index is -0.474. The van der Waals surface area contributed by atoms with E-state index in [9.17, 15) is 9.59 Å². The maximum absolute atomic E-state index is 12.8. The largest absolute Gasteiger partial charge is 0.460 e. The van der Waals surface area contributed by atoms with E-state index in [0.717, 1.165) is 27.9 Å². The molecule has 0 atom stereocenters. The second-order valence-corrected chi connectivity index (χ2v) is 11.2. The van der Waals surface area contributed by atoms with Gasteiger partial charge in [0.05, 0.1) is 33.2 Å². The van der Waals surface area contributed by atoms with E-state index in [1.165, 1.54) is 0 Å². The van der Waals surface area contributed by atoms with E-state index in [2.05, 4.69) is 42.1 Å². The minimum Gasteiger partial charge on any atom is -0.460 e. The van der Waals surface area contributed by atoms with Gasteiger partial charge in [-0.3, -0.25) is 18.8 Å². The number of hydrogen-bond acceptors (Lipinski definition) is 5. The summed E-state index contributed by atoms with van der Waals surface area (Å²) in [5, 5.41) is 5.33. The summed E-state index contributed by atoms with van der Waals surface area (Å²) >= 11 is 6.36. The molecule has 0 aliphatic carbocycles. The highest BCUT2D eigenvalue weighted by Crippen LogP contribution is 2.44. The van der Waals surface area contributed by atoms with Gasteiger partial charge in [0.2, 0.25) is 0 Å². The monoisotopic (exact) mass is 504 g/mol. The number of esters is 1. The summed E-state index contributed by atoms with van der Waals surface area (Å²) in [6.45, 7) is 10.4. The third-order valence-corrected chi connectivity index (χ3v) is 6.81. The van der Waals surface area contributed by atoms with E-state index < -0.39 is 11.0 Å². The lowest BCUT2D eigenvalue weighted by Gasteiger charge is -2.19. The average Bonchev–Trinajstić information content (AvgIpc) is 3.34. The second kappa shape index (κ2) is 8.59. The number of rotatable bonds is 5. The predicted octanol–water partition coefficient (Wildman–Crippen LogP) is 5.66. The molecule has 2 aromatic heterocycles. The predicted molar refractivity (Wildman–Crippen MR) is 141 cm³/mol. The molecule has 3 heterocycles. The first kappa shape index (κ1) is 24.3. The summed E-state index contributed by atoms with van der Waals surface area (Å²) in [6.07, 6.45) is 4.82. The lowest BCUT2D eigenvalue weighted by Crippen LogP contribution is -2.24. The first-order valence-corrected chi connectivity index (χ1v) is 12.4. The third-order valence-electron chi connectivity index (χ3n) is 6.49. The van der Waals surface area contributed by atoms with Crippen LogP contribution in [0.4, 0.5) is 0 Å². The molecule has 1 aliphatic rings. The van der Waals surface area contributed by atoms with Gasteiger partial charge in [-0.25, -0.2) is 0 Å². The van der Waals surface area contributed by atoms with E-state index >= 15 is 0 Å². The van der Waals surface area contributed by atoms with Crippen molar-refractivity contribution in [3.05, 3.63) is 75.6 Å². The molecular formula is C28H29ClN4O3. The lowest BCUT2D eigenvalue weighted by atomic mass is 9.84. The summed E-state index contributed by atoms with van der Waals surface area (Å²) in [5.74, 6) is 0.503. The van der Waals surface area contributed by atoms with Crippen LogP contribution in [0, 0.1) is 0 Å². The van der Waals surface area contributed by atoms with Crippen molar-refractivity contribution in [2.75, 3.05) is 0 Å². The van der Waals surface area contributed by atoms with Gasteiger partial charge in [0.15, 0.2) is 0 Å². The smallest absolute Gasteiger partial charge is 0.306 e. The van der Waals surface area contributed by atoms with Gasteiger partial charge in [0, 0.05) is 24.7 Å². The zero-order chi connectivity index (χ0) is 25.8. The fraction of sp³-hybridized carbons (Fsp3) is 0.357. The molecule has 8 heteroatoms. The molecular weight excluding hydrogens is 476 g/mol. The molecule has 0 saturated carbocycles. The fourth-order valence-electron chi connectivity index (χ4n) is 4.83. The number of aryl methyl sites for hydroxylation is 1. The van der Waals surface area contributed by atoms with Crippen molar-refractivity contribution in [3.63, 3.8) is 0 Å². The third kappa shape index (κ3) is 4.22. The number of aromatic nitrogens is 4.